The maximum absolute atomic E-state index is 10.8. The number of carbonyl (C=O) groups excluding carboxylic acids is 1. The van der Waals surface area contributed by atoms with Crippen LogP contribution in [-0.4, -0.2) is 36.0 Å². The van der Waals surface area contributed by atoms with Crippen LogP contribution in [0.3, 0.4) is 0 Å². The number of amides is 1. The molecule has 72 valence electrons. The molecule has 0 saturated heterocycles. The zero-order valence-electron chi connectivity index (χ0n) is 8.29. The Morgan fingerprint density at radius 1 is 1.58 bits per heavy atom. The molecule has 4 heteroatoms. The van der Waals surface area contributed by atoms with Gasteiger partial charge >= 0.3 is 0 Å². The Morgan fingerprint density at radius 3 is 2.25 bits per heavy atom. The highest BCUT2D eigenvalue weighted by Gasteiger charge is 2.27. The van der Waals surface area contributed by atoms with E-state index in [-0.39, 0.29) is 0 Å². The normalized spacial score (nSPS) is 16.6. The molecule has 1 atom stereocenters. The van der Waals surface area contributed by atoms with Crippen molar-refractivity contribution in [2.24, 2.45) is 11.5 Å². The van der Waals surface area contributed by atoms with E-state index in [0.717, 1.165) is 0 Å². The van der Waals surface area contributed by atoms with Gasteiger partial charge < -0.3 is 16.4 Å². The van der Waals surface area contributed by atoms with Crippen molar-refractivity contribution in [3.8, 4) is 0 Å². The summed E-state index contributed by atoms with van der Waals surface area (Å²) in [6, 6.07) is 0.368. The van der Waals surface area contributed by atoms with Crippen LogP contribution in [0.2, 0.25) is 0 Å². The first-order chi connectivity index (χ1) is 5.27. The molecule has 0 fully saturated rings. The van der Waals surface area contributed by atoms with Crippen molar-refractivity contribution in [3.63, 3.8) is 0 Å². The van der Waals surface area contributed by atoms with E-state index in [2.05, 4.69) is 0 Å². The molecule has 0 bridgehead atoms. The molecule has 12 heavy (non-hydrogen) atoms. The SMILES string of the molecule is CC(C)N(C)CC(C)(N)C(N)=O. The standard InChI is InChI=1S/C8H19N3O/c1-6(2)11(4)5-8(3,10)7(9)12/h6H,5,10H2,1-4H3,(H2,9,12). The summed E-state index contributed by atoms with van der Waals surface area (Å²) in [7, 11) is 1.92. The second kappa shape index (κ2) is 3.87. The summed E-state index contributed by atoms with van der Waals surface area (Å²) >= 11 is 0. The fourth-order valence-electron chi connectivity index (χ4n) is 0.779. The highest BCUT2D eigenvalue weighted by molar-refractivity contribution is 5.84. The van der Waals surface area contributed by atoms with Crippen LogP contribution in [0.4, 0.5) is 0 Å². The molecule has 1 unspecified atom stereocenters. The maximum Gasteiger partial charge on any atom is 0.238 e. The summed E-state index contributed by atoms with van der Waals surface area (Å²) in [6.45, 7) is 6.21. The first-order valence-corrected chi connectivity index (χ1v) is 4.06. The zero-order chi connectivity index (χ0) is 9.94. The average molecular weight is 173 g/mol. The number of nitrogens with two attached hydrogens (primary N) is 2. The van der Waals surface area contributed by atoms with E-state index in [1.165, 1.54) is 0 Å². The van der Waals surface area contributed by atoms with Gasteiger partial charge in [0.1, 0.15) is 5.54 Å². The van der Waals surface area contributed by atoms with Gasteiger partial charge in [-0.15, -0.1) is 0 Å². The second-order valence-corrected chi connectivity index (χ2v) is 3.79. The number of carbonyl (C=O) groups is 1. The predicted molar refractivity (Wildman–Crippen MR) is 49.6 cm³/mol. The van der Waals surface area contributed by atoms with E-state index in [9.17, 15) is 4.79 Å². The third kappa shape index (κ3) is 3.19. The summed E-state index contributed by atoms with van der Waals surface area (Å²) in [5, 5.41) is 0. The average Bonchev–Trinajstić information content (AvgIpc) is 1.85. The molecule has 0 radical (unpaired) electrons. The van der Waals surface area contributed by atoms with Crippen LogP contribution in [-0.2, 0) is 4.79 Å². The highest BCUT2D eigenvalue weighted by atomic mass is 16.1. The van der Waals surface area contributed by atoms with Gasteiger partial charge in [-0.1, -0.05) is 0 Å². The summed E-state index contributed by atoms with van der Waals surface area (Å²) < 4.78 is 0. The maximum atomic E-state index is 10.8. The minimum atomic E-state index is -0.932. The van der Waals surface area contributed by atoms with Crippen molar-refractivity contribution in [1.82, 2.24) is 4.90 Å². The Balaban J connectivity index is 4.15. The molecule has 0 aromatic carbocycles. The Bertz CT molecular complexity index is 166. The van der Waals surface area contributed by atoms with Gasteiger partial charge in [0.25, 0.3) is 0 Å². The molecule has 0 aliphatic carbocycles. The molecule has 0 heterocycles. The number of rotatable bonds is 4. The Labute approximate surface area is 73.9 Å². The molecular weight excluding hydrogens is 154 g/mol. The Kier molecular flexibility index (Phi) is 3.67. The number of likely N-dealkylation sites (N-methyl/N-ethyl adjacent to an activating group) is 1. The van der Waals surface area contributed by atoms with Crippen molar-refractivity contribution in [2.75, 3.05) is 13.6 Å². The fourth-order valence-corrected chi connectivity index (χ4v) is 0.779. The van der Waals surface area contributed by atoms with Crippen LogP contribution >= 0.6 is 0 Å². The van der Waals surface area contributed by atoms with Crippen molar-refractivity contribution in [1.29, 1.82) is 0 Å². The van der Waals surface area contributed by atoms with Gasteiger partial charge in [0.15, 0.2) is 0 Å². The van der Waals surface area contributed by atoms with E-state index in [4.69, 9.17) is 11.5 Å². The van der Waals surface area contributed by atoms with Crippen LogP contribution < -0.4 is 11.5 Å². The van der Waals surface area contributed by atoms with E-state index in [1.807, 2.05) is 25.8 Å². The van der Waals surface area contributed by atoms with E-state index < -0.39 is 11.4 Å². The molecule has 0 aromatic rings. The van der Waals surface area contributed by atoms with Crippen molar-refractivity contribution in [3.05, 3.63) is 0 Å². The van der Waals surface area contributed by atoms with Gasteiger partial charge in [-0.25, -0.2) is 0 Å². The number of nitrogens with zero attached hydrogens (tertiary/aromatic N) is 1. The second-order valence-electron chi connectivity index (χ2n) is 3.79. The summed E-state index contributed by atoms with van der Waals surface area (Å²) in [5.41, 5.74) is 9.88. The number of primary amides is 1. The van der Waals surface area contributed by atoms with Crippen LogP contribution in [0.25, 0.3) is 0 Å². The molecule has 0 aliphatic heterocycles. The van der Waals surface area contributed by atoms with Gasteiger partial charge in [0.2, 0.25) is 5.91 Å². The molecule has 4 nitrogen and oxygen atoms in total. The van der Waals surface area contributed by atoms with Gasteiger partial charge in [-0.2, -0.15) is 0 Å². The lowest BCUT2D eigenvalue weighted by atomic mass is 10.0. The fraction of sp³-hybridized carbons (Fsp3) is 0.875. The first-order valence-electron chi connectivity index (χ1n) is 4.06. The molecule has 0 aliphatic rings. The van der Waals surface area contributed by atoms with Crippen molar-refractivity contribution < 1.29 is 4.79 Å². The topological polar surface area (TPSA) is 72.3 Å². The molecule has 0 saturated carbocycles. The summed E-state index contributed by atoms with van der Waals surface area (Å²) in [4.78, 5) is 12.8. The molecule has 4 N–H and O–H groups in total. The Hall–Kier alpha value is -0.610. The Morgan fingerprint density at radius 2 is 2.00 bits per heavy atom. The van der Waals surface area contributed by atoms with Gasteiger partial charge in [-0.3, -0.25) is 4.79 Å². The summed E-state index contributed by atoms with van der Waals surface area (Å²) in [6.07, 6.45) is 0. The van der Waals surface area contributed by atoms with Crippen molar-refractivity contribution in [2.45, 2.75) is 32.4 Å². The summed E-state index contributed by atoms with van der Waals surface area (Å²) in [5.74, 6) is -0.463. The molecule has 0 rings (SSSR count). The third-order valence-corrected chi connectivity index (χ3v) is 2.02. The predicted octanol–water partition coefficient (Wildman–Crippen LogP) is -0.471. The molecule has 0 aromatic heterocycles. The van der Waals surface area contributed by atoms with Crippen molar-refractivity contribution >= 4 is 5.91 Å². The minimum absolute atomic E-state index is 0.368. The van der Waals surface area contributed by atoms with Gasteiger partial charge in [0, 0.05) is 12.6 Å². The van der Waals surface area contributed by atoms with Crippen LogP contribution in [0, 0.1) is 0 Å². The lowest BCUT2D eigenvalue weighted by molar-refractivity contribution is -0.123. The van der Waals surface area contributed by atoms with E-state index in [1.54, 1.807) is 6.92 Å². The smallest absolute Gasteiger partial charge is 0.238 e. The third-order valence-electron chi connectivity index (χ3n) is 2.02. The highest BCUT2D eigenvalue weighted by Crippen LogP contribution is 2.03. The van der Waals surface area contributed by atoms with E-state index >= 15 is 0 Å². The molecule has 1 amide bonds. The minimum Gasteiger partial charge on any atom is -0.368 e. The quantitative estimate of drug-likeness (QED) is 0.603. The van der Waals surface area contributed by atoms with E-state index in [0.29, 0.717) is 12.6 Å². The van der Waals surface area contributed by atoms with Gasteiger partial charge in [-0.05, 0) is 27.8 Å². The monoisotopic (exact) mass is 173 g/mol. The molecular formula is C8H19N3O. The lowest BCUT2D eigenvalue weighted by Gasteiger charge is -2.29. The molecule has 0 spiro atoms. The number of hydrogen-bond acceptors (Lipinski definition) is 3. The van der Waals surface area contributed by atoms with Crippen LogP contribution in [0.15, 0.2) is 0 Å². The zero-order valence-corrected chi connectivity index (χ0v) is 8.29. The largest absolute Gasteiger partial charge is 0.368 e. The van der Waals surface area contributed by atoms with Crippen LogP contribution in [0.5, 0.6) is 0 Å². The van der Waals surface area contributed by atoms with Gasteiger partial charge in [0.05, 0.1) is 0 Å². The lowest BCUT2D eigenvalue weighted by Crippen LogP contribution is -2.57. The number of hydrogen-bond donors (Lipinski definition) is 2. The first kappa shape index (κ1) is 11.4. The van der Waals surface area contributed by atoms with Crippen LogP contribution in [0.1, 0.15) is 20.8 Å².